The van der Waals surface area contributed by atoms with Crippen LogP contribution in [0.5, 0.6) is 11.5 Å². The molecule has 0 spiro atoms. The average Bonchev–Trinajstić information content (AvgIpc) is 2.98. The first-order valence-corrected chi connectivity index (χ1v) is 13.3. The molecule has 1 saturated heterocycles. The number of allylic oxidation sites excluding steroid dienone is 1. The van der Waals surface area contributed by atoms with E-state index < -0.39 is 0 Å². The van der Waals surface area contributed by atoms with Gasteiger partial charge in [-0.25, -0.2) is 15.0 Å². The van der Waals surface area contributed by atoms with Gasteiger partial charge in [-0.3, -0.25) is 5.01 Å². The Bertz CT molecular complexity index is 1450. The first-order chi connectivity index (χ1) is 19.2. The van der Waals surface area contributed by atoms with Crippen LogP contribution < -0.4 is 19.7 Å². The van der Waals surface area contributed by atoms with Gasteiger partial charge in [-0.15, -0.1) is 12.8 Å². The van der Waals surface area contributed by atoms with Crippen LogP contribution in [0, 0.1) is 19.8 Å². The molecular weight excluding hydrogens is 490 g/mol. The van der Waals surface area contributed by atoms with E-state index in [-0.39, 0.29) is 0 Å². The maximum absolute atomic E-state index is 6.14. The Morgan fingerprint density at radius 2 is 2.13 bits per heavy atom. The van der Waals surface area contributed by atoms with E-state index >= 15 is 0 Å². The van der Waals surface area contributed by atoms with Gasteiger partial charge in [0, 0.05) is 30.7 Å². The predicted octanol–water partition coefficient (Wildman–Crippen LogP) is 5.57. The summed E-state index contributed by atoms with van der Waals surface area (Å²) in [5, 5.41) is 9.69. The van der Waals surface area contributed by atoms with Crippen LogP contribution in [0.15, 0.2) is 59.8 Å². The Balaban J connectivity index is 0.00000151. The number of piperidine rings is 1. The van der Waals surface area contributed by atoms with E-state index in [0.717, 1.165) is 64.7 Å². The number of nitrogens with zero attached hydrogens (tertiary/aromatic N) is 6. The molecule has 39 heavy (non-hydrogen) atoms. The molecule has 1 unspecified atom stereocenters. The van der Waals surface area contributed by atoms with Gasteiger partial charge >= 0.3 is 0 Å². The number of aryl methyl sites for hydroxylation is 1. The molecule has 1 atom stereocenters. The van der Waals surface area contributed by atoms with Gasteiger partial charge in [-0.05, 0) is 68.5 Å². The van der Waals surface area contributed by atoms with Crippen molar-refractivity contribution >= 4 is 34.6 Å². The van der Waals surface area contributed by atoms with Gasteiger partial charge in [0.1, 0.15) is 30.0 Å². The van der Waals surface area contributed by atoms with Gasteiger partial charge in [-0.1, -0.05) is 6.92 Å². The van der Waals surface area contributed by atoms with Gasteiger partial charge in [0.05, 0.1) is 18.1 Å². The average molecular weight is 524 g/mol. The minimum atomic E-state index is 0.392. The van der Waals surface area contributed by atoms with E-state index in [1.807, 2.05) is 54.7 Å². The third-order valence-electron chi connectivity index (χ3n) is 6.86. The Hall–Kier alpha value is -4.58. The van der Waals surface area contributed by atoms with E-state index in [4.69, 9.17) is 14.5 Å². The number of hydrogen-bond acceptors (Lipinski definition) is 9. The lowest BCUT2D eigenvalue weighted by molar-refractivity contribution is 0.238. The fourth-order valence-corrected chi connectivity index (χ4v) is 4.93. The lowest BCUT2D eigenvalue weighted by Gasteiger charge is -2.40. The van der Waals surface area contributed by atoms with Crippen LogP contribution in [0.4, 0.5) is 17.3 Å². The molecule has 3 aliphatic heterocycles. The number of rotatable bonds is 6. The van der Waals surface area contributed by atoms with Crippen LogP contribution in [0.3, 0.4) is 0 Å². The van der Waals surface area contributed by atoms with Crippen LogP contribution in [0.25, 0.3) is 11.0 Å². The molecule has 0 radical (unpaired) electrons. The van der Waals surface area contributed by atoms with Crippen molar-refractivity contribution < 1.29 is 9.47 Å². The molecule has 1 fully saturated rings. The smallest absolute Gasteiger partial charge is 0.172 e. The number of aromatic nitrogens is 3. The number of nitrogens with one attached hydrogen (secondary N) is 1. The van der Waals surface area contributed by atoms with Crippen molar-refractivity contribution in [3.8, 4) is 24.3 Å². The van der Waals surface area contributed by atoms with Crippen molar-refractivity contribution in [3.05, 3.63) is 60.3 Å². The topological polar surface area (TPSA) is 88.0 Å². The van der Waals surface area contributed by atoms with E-state index in [1.54, 1.807) is 6.33 Å². The zero-order chi connectivity index (χ0) is 27.2. The molecule has 0 bridgehead atoms. The number of hydrogen-bond donors (Lipinski definition) is 1. The Labute approximate surface area is 229 Å². The van der Waals surface area contributed by atoms with Crippen molar-refractivity contribution in [2.75, 3.05) is 29.9 Å². The van der Waals surface area contributed by atoms with E-state index in [1.165, 1.54) is 12.8 Å². The molecule has 1 N–H and O–H groups in total. The van der Waals surface area contributed by atoms with Gasteiger partial charge in [0.15, 0.2) is 17.4 Å². The summed E-state index contributed by atoms with van der Waals surface area (Å²) in [7, 11) is 0. The maximum atomic E-state index is 6.14. The molecule has 0 saturated carbocycles. The van der Waals surface area contributed by atoms with Gasteiger partial charge < -0.3 is 19.7 Å². The second kappa shape index (κ2) is 11.9. The molecule has 200 valence electrons. The highest BCUT2D eigenvalue weighted by molar-refractivity contribution is 5.90. The van der Waals surface area contributed by atoms with Crippen LogP contribution >= 0.6 is 0 Å². The van der Waals surface area contributed by atoms with Gasteiger partial charge in [0.2, 0.25) is 0 Å². The van der Waals surface area contributed by atoms with Crippen LogP contribution in [0.1, 0.15) is 38.2 Å². The second-order valence-corrected chi connectivity index (χ2v) is 9.51. The fraction of sp³-hybridized carbons (Fsp3) is 0.333. The summed E-state index contributed by atoms with van der Waals surface area (Å²) in [5.41, 5.74) is 3.42. The molecule has 9 heteroatoms. The van der Waals surface area contributed by atoms with Crippen LogP contribution in [-0.4, -0.2) is 51.9 Å². The van der Waals surface area contributed by atoms with E-state index in [0.29, 0.717) is 25.0 Å². The first-order valence-electron chi connectivity index (χ1n) is 13.3. The largest absolute Gasteiger partial charge is 0.487 e. The summed E-state index contributed by atoms with van der Waals surface area (Å²) < 4.78 is 12.2. The van der Waals surface area contributed by atoms with Crippen LogP contribution in [0.2, 0.25) is 0 Å². The highest BCUT2D eigenvalue weighted by Crippen LogP contribution is 2.38. The van der Waals surface area contributed by atoms with Gasteiger partial charge in [0.25, 0.3) is 0 Å². The zero-order valence-electron chi connectivity index (χ0n) is 22.4. The van der Waals surface area contributed by atoms with E-state index in [9.17, 15) is 0 Å². The molecule has 1 aromatic carbocycles. The van der Waals surface area contributed by atoms with Crippen molar-refractivity contribution in [1.29, 1.82) is 0 Å². The molecular formula is C30H33N7O2. The first kappa shape index (κ1) is 26.0. The summed E-state index contributed by atoms with van der Waals surface area (Å²) in [6, 6.07) is 8.39. The molecule has 0 aliphatic carbocycles. The molecule has 3 aromatic rings. The Morgan fingerprint density at radius 1 is 1.23 bits per heavy atom. The number of ether oxygens (including phenoxy) is 2. The summed E-state index contributed by atoms with van der Waals surface area (Å²) in [5.74, 6) is 3.99. The lowest BCUT2D eigenvalue weighted by atomic mass is 10.0. The number of benzene rings is 1. The highest BCUT2D eigenvalue weighted by atomic mass is 16.5. The molecule has 2 aromatic heterocycles. The van der Waals surface area contributed by atoms with Crippen molar-refractivity contribution in [2.24, 2.45) is 5.10 Å². The number of pyridine rings is 1. The minimum absolute atomic E-state index is 0.392. The molecule has 5 heterocycles. The number of anilines is 3. The quantitative estimate of drug-likeness (QED) is 0.332. The highest BCUT2D eigenvalue weighted by Gasteiger charge is 2.31. The Kier molecular flexibility index (Phi) is 7.92. The normalized spacial score (nSPS) is 17.9. The second-order valence-electron chi connectivity index (χ2n) is 9.51. The molecule has 6 rings (SSSR count). The number of hydrazone groups is 1. The lowest BCUT2D eigenvalue weighted by Crippen LogP contribution is -2.46. The molecule has 0 amide bonds. The summed E-state index contributed by atoms with van der Waals surface area (Å²) >= 11 is 0. The monoisotopic (exact) mass is 523 g/mol. The molecule has 9 nitrogen and oxygen atoms in total. The summed E-state index contributed by atoms with van der Waals surface area (Å²) in [6.45, 7) is 6.50. The Morgan fingerprint density at radius 3 is 2.92 bits per heavy atom. The SMILES string of the molecule is C#C.CC/C=N\N1C=CC(Oc2ccc(Nc3ncnc4cc5c(nc34)N3CCCCC3CO5)cc2C)=CC1. The molecule has 3 aliphatic rings. The van der Waals surface area contributed by atoms with Crippen molar-refractivity contribution in [1.82, 2.24) is 20.0 Å². The van der Waals surface area contributed by atoms with Crippen molar-refractivity contribution in [3.63, 3.8) is 0 Å². The predicted molar refractivity (Wildman–Crippen MR) is 156 cm³/mol. The standard InChI is InChI=1S/C28H31N7O2.C2H2/c1-3-11-31-34-13-9-22(10-14-34)37-24-8-7-20(15-19(24)2)32-27-26-23(29-18-30-27)16-25-28(33-26)35-12-5-4-6-21(35)17-36-25;1-2/h7-11,13,15-16,18,21H,3-6,12,14,17H2,1-2H3,(H,29,30,32);1-2H/b31-11-;. The van der Waals surface area contributed by atoms with Crippen molar-refractivity contribution in [2.45, 2.75) is 45.6 Å². The van der Waals surface area contributed by atoms with E-state index in [2.05, 4.69) is 51.1 Å². The van der Waals surface area contributed by atoms with Crippen LogP contribution in [-0.2, 0) is 0 Å². The number of terminal acetylenes is 1. The number of fused-ring (bicyclic) bond motifs is 4. The summed E-state index contributed by atoms with van der Waals surface area (Å²) in [6.07, 6.45) is 21.8. The summed E-state index contributed by atoms with van der Waals surface area (Å²) in [4.78, 5) is 16.4. The zero-order valence-corrected chi connectivity index (χ0v) is 22.4. The maximum Gasteiger partial charge on any atom is 0.172 e. The fourth-order valence-electron chi connectivity index (χ4n) is 4.93. The minimum Gasteiger partial charge on any atom is -0.487 e. The third-order valence-corrected chi connectivity index (χ3v) is 6.86. The third kappa shape index (κ3) is 5.65. The van der Waals surface area contributed by atoms with Gasteiger partial charge in [-0.2, -0.15) is 5.10 Å².